The number of piperidine rings is 2. The maximum Gasteiger partial charge on any atom is 0.407 e. The largest absolute Gasteiger partial charge is 0.444 e. The van der Waals surface area contributed by atoms with Gasteiger partial charge < -0.3 is 29.9 Å². The second-order valence-electron chi connectivity index (χ2n) is 13.0. The molecule has 6 rings (SSSR count). The third-order valence-corrected chi connectivity index (χ3v) is 9.29. The summed E-state index contributed by atoms with van der Waals surface area (Å²) in [7, 11) is 0. The molecule has 3 aromatic rings. The fourth-order valence-corrected chi connectivity index (χ4v) is 7.05. The summed E-state index contributed by atoms with van der Waals surface area (Å²) in [5.41, 5.74) is 1.78. The Morgan fingerprint density at radius 3 is 2.58 bits per heavy atom. The van der Waals surface area contributed by atoms with E-state index in [-0.39, 0.29) is 24.1 Å². The van der Waals surface area contributed by atoms with Gasteiger partial charge in [0.15, 0.2) is 15.8 Å². The molecule has 3 aromatic heterocycles. The van der Waals surface area contributed by atoms with Gasteiger partial charge in [0, 0.05) is 57.5 Å². The zero-order valence-electron chi connectivity index (χ0n) is 26.3. The predicted molar refractivity (Wildman–Crippen MR) is 173 cm³/mol. The number of nitrogens with one attached hydrogen (secondary N) is 2. The highest BCUT2D eigenvalue weighted by Gasteiger charge is 2.27. The monoisotopic (exact) mass is 637 g/mol. The number of aromatic nitrogens is 4. The van der Waals surface area contributed by atoms with Crippen molar-refractivity contribution in [2.75, 3.05) is 62.3 Å². The average molecular weight is 638 g/mol. The van der Waals surface area contributed by atoms with Crippen molar-refractivity contribution in [3.05, 3.63) is 35.9 Å². The summed E-state index contributed by atoms with van der Waals surface area (Å²) in [5.74, 6) is 0.726. The van der Waals surface area contributed by atoms with Crippen LogP contribution in [0.2, 0.25) is 0 Å². The Morgan fingerprint density at radius 1 is 1.00 bits per heavy atom. The van der Waals surface area contributed by atoms with E-state index in [4.69, 9.17) is 14.5 Å². The molecular formula is C31H43N9O4S. The number of likely N-dealkylation sites (tertiary alicyclic amines) is 1. The van der Waals surface area contributed by atoms with Gasteiger partial charge in [0.2, 0.25) is 0 Å². The van der Waals surface area contributed by atoms with E-state index in [1.807, 2.05) is 32.9 Å². The van der Waals surface area contributed by atoms with Crippen molar-refractivity contribution < 1.29 is 19.1 Å². The number of anilines is 2. The van der Waals surface area contributed by atoms with Gasteiger partial charge in [-0.3, -0.25) is 14.7 Å². The van der Waals surface area contributed by atoms with Gasteiger partial charge in [-0.1, -0.05) is 11.3 Å². The standard InChI is InChI=1S/C31H43N9O4S/c1-31(2,3)44-30(42)36-23-5-4-10-38(19-23)18-21-6-9-32-24(17-21)27(41)35-22-7-11-40(12-8-22)29-37-25-26(33-20-34-28(25)45-29)39-13-15-43-16-14-39/h6,9,17,20,22-23H,4-5,7-8,10-16,18-19H2,1-3H3,(H,35,41)(H,36,42)/t23-/m1/s1. The Labute approximate surface area is 267 Å². The molecule has 3 saturated heterocycles. The summed E-state index contributed by atoms with van der Waals surface area (Å²) in [5, 5.41) is 7.15. The van der Waals surface area contributed by atoms with Crippen LogP contribution in [0.1, 0.15) is 62.5 Å². The molecule has 2 amide bonds. The van der Waals surface area contributed by atoms with Gasteiger partial charge >= 0.3 is 6.09 Å². The van der Waals surface area contributed by atoms with Crippen LogP contribution >= 0.6 is 11.3 Å². The van der Waals surface area contributed by atoms with E-state index in [0.717, 1.165) is 91.8 Å². The number of rotatable bonds is 7. The van der Waals surface area contributed by atoms with Crippen LogP contribution in [-0.4, -0.2) is 107 Å². The fourth-order valence-electron chi connectivity index (χ4n) is 6.09. The lowest BCUT2D eigenvalue weighted by Crippen LogP contribution is -2.48. The Balaban J connectivity index is 1.000. The van der Waals surface area contributed by atoms with Crippen LogP contribution in [0.5, 0.6) is 0 Å². The number of hydrogen-bond donors (Lipinski definition) is 2. The number of ether oxygens (including phenoxy) is 2. The number of pyridine rings is 1. The molecule has 45 heavy (non-hydrogen) atoms. The second-order valence-corrected chi connectivity index (χ2v) is 13.9. The number of hydrogen-bond acceptors (Lipinski definition) is 12. The lowest BCUT2D eigenvalue weighted by Gasteiger charge is -2.33. The topological polar surface area (TPSA) is 138 Å². The number of carbonyl (C=O) groups is 2. The number of morpholine rings is 1. The molecule has 0 bridgehead atoms. The summed E-state index contributed by atoms with van der Waals surface area (Å²) in [6.07, 6.45) is 6.49. The van der Waals surface area contributed by atoms with Crippen molar-refractivity contribution in [2.24, 2.45) is 0 Å². The molecule has 0 saturated carbocycles. The van der Waals surface area contributed by atoms with E-state index in [1.54, 1.807) is 23.9 Å². The van der Waals surface area contributed by atoms with Crippen molar-refractivity contribution in [2.45, 2.75) is 70.7 Å². The molecule has 1 atom stereocenters. The molecule has 242 valence electrons. The fraction of sp³-hybridized carbons (Fsp3) is 0.613. The molecule has 3 aliphatic rings. The van der Waals surface area contributed by atoms with E-state index in [2.05, 4.69) is 40.3 Å². The van der Waals surface area contributed by atoms with Crippen LogP contribution in [0.3, 0.4) is 0 Å². The molecule has 13 nitrogen and oxygen atoms in total. The summed E-state index contributed by atoms with van der Waals surface area (Å²) in [4.78, 5) is 51.5. The Kier molecular flexibility index (Phi) is 9.61. The quantitative estimate of drug-likeness (QED) is 0.395. The van der Waals surface area contributed by atoms with Crippen molar-refractivity contribution in [3.63, 3.8) is 0 Å². The molecule has 0 aromatic carbocycles. The number of fused-ring (bicyclic) bond motifs is 1. The van der Waals surface area contributed by atoms with Crippen LogP contribution in [0.4, 0.5) is 15.7 Å². The number of thiazole rings is 1. The van der Waals surface area contributed by atoms with Gasteiger partial charge in [-0.2, -0.15) is 0 Å². The van der Waals surface area contributed by atoms with Gasteiger partial charge in [0.25, 0.3) is 5.91 Å². The maximum atomic E-state index is 13.2. The highest BCUT2D eigenvalue weighted by Crippen LogP contribution is 2.33. The molecule has 3 fully saturated rings. The van der Waals surface area contributed by atoms with Gasteiger partial charge in [-0.05, 0) is 70.7 Å². The lowest BCUT2D eigenvalue weighted by molar-refractivity contribution is 0.0470. The normalized spacial score (nSPS) is 20.3. The first-order valence-corrected chi connectivity index (χ1v) is 16.7. The van der Waals surface area contributed by atoms with Crippen molar-refractivity contribution in [1.82, 2.24) is 35.5 Å². The molecular weight excluding hydrogens is 594 g/mol. The first-order valence-electron chi connectivity index (χ1n) is 15.9. The summed E-state index contributed by atoms with van der Waals surface area (Å²) in [6, 6.07) is 3.93. The third kappa shape index (κ3) is 8.16. The molecule has 0 aliphatic carbocycles. The minimum Gasteiger partial charge on any atom is -0.444 e. The zero-order valence-corrected chi connectivity index (χ0v) is 27.1. The van der Waals surface area contributed by atoms with Crippen molar-refractivity contribution in [3.8, 4) is 0 Å². The van der Waals surface area contributed by atoms with Crippen LogP contribution in [0.25, 0.3) is 10.3 Å². The number of nitrogens with zero attached hydrogens (tertiary/aromatic N) is 7. The first kappa shape index (κ1) is 31.4. The second kappa shape index (κ2) is 13.8. The van der Waals surface area contributed by atoms with Gasteiger partial charge in [-0.25, -0.2) is 19.7 Å². The molecule has 14 heteroatoms. The summed E-state index contributed by atoms with van der Waals surface area (Å²) >= 11 is 1.59. The number of alkyl carbamates (subject to hydrolysis) is 1. The highest BCUT2D eigenvalue weighted by molar-refractivity contribution is 7.21. The summed E-state index contributed by atoms with van der Waals surface area (Å²) in [6.45, 7) is 12.5. The number of carbonyl (C=O) groups excluding carboxylic acids is 2. The van der Waals surface area contributed by atoms with E-state index < -0.39 is 5.60 Å². The molecule has 0 spiro atoms. The van der Waals surface area contributed by atoms with Gasteiger partial charge in [0.1, 0.15) is 23.1 Å². The molecule has 6 heterocycles. The first-order chi connectivity index (χ1) is 21.7. The highest BCUT2D eigenvalue weighted by atomic mass is 32.1. The minimum atomic E-state index is -0.525. The van der Waals surface area contributed by atoms with E-state index in [9.17, 15) is 9.59 Å². The van der Waals surface area contributed by atoms with Gasteiger partial charge in [-0.15, -0.1) is 0 Å². The van der Waals surface area contributed by atoms with Crippen LogP contribution in [-0.2, 0) is 16.0 Å². The zero-order chi connectivity index (χ0) is 31.4. The smallest absolute Gasteiger partial charge is 0.407 e. The van der Waals surface area contributed by atoms with Gasteiger partial charge in [0.05, 0.1) is 13.2 Å². The molecule has 2 N–H and O–H groups in total. The van der Waals surface area contributed by atoms with Crippen LogP contribution in [0.15, 0.2) is 24.7 Å². The van der Waals surface area contributed by atoms with Crippen LogP contribution < -0.4 is 20.4 Å². The van der Waals surface area contributed by atoms with Crippen LogP contribution in [0, 0.1) is 0 Å². The van der Waals surface area contributed by atoms with E-state index in [0.29, 0.717) is 25.5 Å². The minimum absolute atomic E-state index is 0.0339. The average Bonchev–Trinajstić information content (AvgIpc) is 3.46. The molecule has 0 unspecified atom stereocenters. The predicted octanol–water partition coefficient (Wildman–Crippen LogP) is 3.21. The SMILES string of the molecule is CC(C)(C)OC(=O)N[C@@H]1CCCN(Cc2ccnc(C(=O)NC3CCN(c4nc5c(N6CCOCC6)ncnc5s4)CC3)c2)C1. The Bertz CT molecular complexity index is 1480. The lowest BCUT2D eigenvalue weighted by atomic mass is 10.0. The van der Waals surface area contributed by atoms with Crippen molar-refractivity contribution >= 4 is 44.6 Å². The molecule has 0 radical (unpaired) electrons. The third-order valence-electron chi connectivity index (χ3n) is 8.27. The van der Waals surface area contributed by atoms with E-state index in [1.165, 1.54) is 0 Å². The Morgan fingerprint density at radius 2 is 1.80 bits per heavy atom. The number of amides is 2. The maximum absolute atomic E-state index is 13.2. The summed E-state index contributed by atoms with van der Waals surface area (Å²) < 4.78 is 10.9. The van der Waals surface area contributed by atoms with Crippen molar-refractivity contribution in [1.29, 1.82) is 0 Å². The van der Waals surface area contributed by atoms with E-state index >= 15 is 0 Å². The Hall–Kier alpha value is -3.62. The molecule has 3 aliphatic heterocycles.